The highest BCUT2D eigenvalue weighted by molar-refractivity contribution is 5.81. The predicted octanol–water partition coefficient (Wildman–Crippen LogP) is 2.44. The largest absolute Gasteiger partial charge is 0.473 e. The molecule has 0 N–H and O–H groups in total. The van der Waals surface area contributed by atoms with Crippen LogP contribution in [0.15, 0.2) is 30.3 Å². The maximum Gasteiger partial charge on any atom is 0.473 e. The lowest BCUT2D eigenvalue weighted by atomic mass is 10.1. The number of hydrogen-bond acceptors (Lipinski definition) is 1. The Hall–Kier alpha value is -1.52. The summed E-state index contributed by atoms with van der Waals surface area (Å²) in [5.74, 6) is -2.04. The molecule has 0 fully saturated rings. The van der Waals surface area contributed by atoms with E-state index in [0.717, 1.165) is 0 Å². The molecule has 1 amide bonds. The molecule has 0 aliphatic heterocycles. The summed E-state index contributed by atoms with van der Waals surface area (Å²) in [6.45, 7) is 1.44. The molecule has 15 heavy (non-hydrogen) atoms. The fraction of sp³-hybridized carbons (Fsp3) is 0.300. The molecule has 81 valence electrons. The molecule has 1 rings (SSSR count). The van der Waals surface area contributed by atoms with Gasteiger partial charge in [-0.15, -0.1) is 0 Å². The zero-order valence-electron chi connectivity index (χ0n) is 7.95. The summed E-state index contributed by atoms with van der Waals surface area (Å²) in [5, 5.41) is 3.05. The summed E-state index contributed by atoms with van der Waals surface area (Å²) in [4.78, 5) is 10.6. The number of benzene rings is 1. The first-order valence-electron chi connectivity index (χ1n) is 4.28. The van der Waals surface area contributed by atoms with Crippen LogP contribution in [0.3, 0.4) is 0 Å². The van der Waals surface area contributed by atoms with Gasteiger partial charge in [0.15, 0.2) is 0 Å². The molecule has 0 saturated heterocycles. The van der Waals surface area contributed by atoms with Crippen LogP contribution in [-0.4, -0.2) is 12.1 Å². The van der Waals surface area contributed by atoms with Gasteiger partial charge in [0.25, 0.3) is 0 Å². The van der Waals surface area contributed by atoms with Gasteiger partial charge in [-0.3, -0.25) is 4.79 Å². The molecule has 1 unspecified atom stereocenters. The predicted molar refractivity (Wildman–Crippen MR) is 48.1 cm³/mol. The average Bonchev–Trinajstić information content (AvgIpc) is 2.17. The van der Waals surface area contributed by atoms with Crippen molar-refractivity contribution >= 4 is 5.91 Å². The molecule has 1 aromatic carbocycles. The quantitative estimate of drug-likeness (QED) is 0.747. The number of nitrogens with zero attached hydrogens (tertiary/aromatic N) is 1. The SMILES string of the molecule is CC([N]C(=O)C(F)(F)F)c1ccccc1. The second kappa shape index (κ2) is 4.33. The Bertz CT molecular complexity index is 334. The molecule has 1 aromatic rings. The topological polar surface area (TPSA) is 31.2 Å². The molecule has 0 aliphatic carbocycles. The van der Waals surface area contributed by atoms with Gasteiger partial charge in [0.2, 0.25) is 0 Å². The first kappa shape index (κ1) is 11.6. The van der Waals surface area contributed by atoms with Crippen molar-refractivity contribution in [3.8, 4) is 0 Å². The Morgan fingerprint density at radius 1 is 1.27 bits per heavy atom. The molecule has 0 saturated carbocycles. The number of rotatable bonds is 2. The van der Waals surface area contributed by atoms with Crippen molar-refractivity contribution in [2.75, 3.05) is 0 Å². The van der Waals surface area contributed by atoms with Crippen molar-refractivity contribution in [2.45, 2.75) is 19.1 Å². The monoisotopic (exact) mass is 216 g/mol. The molecule has 2 nitrogen and oxygen atoms in total. The highest BCUT2D eigenvalue weighted by Crippen LogP contribution is 2.19. The molecule has 0 aromatic heterocycles. The van der Waals surface area contributed by atoms with E-state index in [1.165, 1.54) is 6.92 Å². The summed E-state index contributed by atoms with van der Waals surface area (Å²) in [6.07, 6.45) is -4.89. The molecule has 0 heterocycles. The number of alkyl halides is 3. The highest BCUT2D eigenvalue weighted by atomic mass is 19.4. The molecule has 0 spiro atoms. The smallest absolute Gasteiger partial charge is 0.262 e. The van der Waals surface area contributed by atoms with E-state index in [9.17, 15) is 18.0 Å². The average molecular weight is 216 g/mol. The Morgan fingerprint density at radius 2 is 1.80 bits per heavy atom. The number of hydrogen-bond donors (Lipinski definition) is 0. The van der Waals surface area contributed by atoms with E-state index >= 15 is 0 Å². The van der Waals surface area contributed by atoms with Gasteiger partial charge in [-0.25, -0.2) is 5.32 Å². The second-order valence-corrected chi connectivity index (χ2v) is 3.02. The van der Waals surface area contributed by atoms with Crippen LogP contribution in [0, 0.1) is 0 Å². The lowest BCUT2D eigenvalue weighted by Gasteiger charge is -2.12. The summed E-state index contributed by atoms with van der Waals surface area (Å²) in [7, 11) is 0. The minimum absolute atomic E-state index is 0.579. The van der Waals surface area contributed by atoms with E-state index in [0.29, 0.717) is 5.56 Å². The fourth-order valence-electron chi connectivity index (χ4n) is 1.06. The van der Waals surface area contributed by atoms with Crippen LogP contribution in [0.4, 0.5) is 13.2 Å². The summed E-state index contributed by atoms with van der Waals surface area (Å²) < 4.78 is 35.6. The minimum atomic E-state index is -4.89. The maximum absolute atomic E-state index is 11.9. The van der Waals surface area contributed by atoms with Gasteiger partial charge >= 0.3 is 12.1 Å². The van der Waals surface area contributed by atoms with Gasteiger partial charge in [0, 0.05) is 0 Å². The molecule has 0 bridgehead atoms. The highest BCUT2D eigenvalue weighted by Gasteiger charge is 2.40. The molecule has 1 radical (unpaired) electrons. The Labute approximate surface area is 85.1 Å². The van der Waals surface area contributed by atoms with Crippen LogP contribution in [0.1, 0.15) is 18.5 Å². The fourth-order valence-corrected chi connectivity index (χ4v) is 1.06. The zero-order chi connectivity index (χ0) is 11.5. The summed E-state index contributed by atoms with van der Waals surface area (Å²) in [5.41, 5.74) is 0.579. The van der Waals surface area contributed by atoms with Gasteiger partial charge < -0.3 is 0 Å². The van der Waals surface area contributed by atoms with Gasteiger partial charge in [-0.2, -0.15) is 13.2 Å². The summed E-state index contributed by atoms with van der Waals surface area (Å²) in [6, 6.07) is 7.57. The van der Waals surface area contributed by atoms with Gasteiger partial charge in [0.1, 0.15) is 0 Å². The van der Waals surface area contributed by atoms with Gasteiger partial charge in [0.05, 0.1) is 6.04 Å². The van der Waals surface area contributed by atoms with Crippen molar-refractivity contribution in [1.82, 2.24) is 5.32 Å². The number of halogens is 3. The number of carbonyl (C=O) groups excluding carboxylic acids is 1. The van der Waals surface area contributed by atoms with Crippen molar-refractivity contribution < 1.29 is 18.0 Å². The number of amides is 1. The Kier molecular flexibility index (Phi) is 3.34. The van der Waals surface area contributed by atoms with E-state index in [1.54, 1.807) is 30.3 Å². The van der Waals surface area contributed by atoms with Crippen molar-refractivity contribution in [1.29, 1.82) is 0 Å². The first-order valence-corrected chi connectivity index (χ1v) is 4.28. The molecular formula is C10H9F3NO. The van der Waals surface area contributed by atoms with E-state index in [1.807, 2.05) is 0 Å². The Morgan fingerprint density at radius 3 is 2.27 bits per heavy atom. The van der Waals surface area contributed by atoms with E-state index in [-0.39, 0.29) is 0 Å². The van der Waals surface area contributed by atoms with Crippen molar-refractivity contribution in [3.63, 3.8) is 0 Å². The van der Waals surface area contributed by atoms with E-state index in [4.69, 9.17) is 0 Å². The summed E-state index contributed by atoms with van der Waals surface area (Å²) >= 11 is 0. The minimum Gasteiger partial charge on any atom is -0.262 e. The van der Waals surface area contributed by atoms with Gasteiger partial charge in [-0.05, 0) is 12.5 Å². The third kappa shape index (κ3) is 3.27. The van der Waals surface area contributed by atoms with E-state index in [2.05, 4.69) is 5.32 Å². The van der Waals surface area contributed by atoms with E-state index < -0.39 is 18.1 Å². The Balaban J connectivity index is 2.65. The van der Waals surface area contributed by atoms with Crippen LogP contribution in [-0.2, 0) is 4.79 Å². The van der Waals surface area contributed by atoms with Crippen LogP contribution in [0.25, 0.3) is 0 Å². The maximum atomic E-state index is 11.9. The lowest BCUT2D eigenvalue weighted by Crippen LogP contribution is -2.33. The lowest BCUT2D eigenvalue weighted by molar-refractivity contribution is -0.174. The molecular weight excluding hydrogens is 207 g/mol. The molecule has 0 aliphatic rings. The third-order valence-electron chi connectivity index (χ3n) is 1.84. The second-order valence-electron chi connectivity index (χ2n) is 3.02. The first-order chi connectivity index (χ1) is 6.91. The normalized spacial score (nSPS) is 13.3. The molecule has 1 atom stereocenters. The van der Waals surface area contributed by atoms with Crippen LogP contribution < -0.4 is 5.32 Å². The number of carbonyl (C=O) groups is 1. The van der Waals surface area contributed by atoms with Crippen LogP contribution in [0.5, 0.6) is 0 Å². The van der Waals surface area contributed by atoms with Crippen molar-refractivity contribution in [3.05, 3.63) is 35.9 Å². The van der Waals surface area contributed by atoms with Crippen LogP contribution in [0.2, 0.25) is 0 Å². The van der Waals surface area contributed by atoms with Crippen LogP contribution >= 0.6 is 0 Å². The third-order valence-corrected chi connectivity index (χ3v) is 1.84. The standard InChI is InChI=1S/C10H9F3NO/c1-7(8-5-3-2-4-6-8)14-9(15)10(11,12)13/h2-7H,1H3. The molecule has 5 heteroatoms. The van der Waals surface area contributed by atoms with Crippen molar-refractivity contribution in [2.24, 2.45) is 0 Å². The van der Waals surface area contributed by atoms with Gasteiger partial charge in [-0.1, -0.05) is 30.3 Å². The zero-order valence-corrected chi connectivity index (χ0v) is 7.95.